The van der Waals surface area contributed by atoms with Crippen LogP contribution in [0, 0.1) is 6.92 Å². The second kappa shape index (κ2) is 5.05. The SMILES string of the molecule is Cc1cc(C(O)C(O)CCN)ccn1. The third-order valence-electron chi connectivity index (χ3n) is 2.09. The molecule has 0 aliphatic heterocycles. The van der Waals surface area contributed by atoms with E-state index in [1.807, 2.05) is 6.92 Å². The fraction of sp³-hybridized carbons (Fsp3) is 0.500. The van der Waals surface area contributed by atoms with E-state index in [0.717, 1.165) is 5.69 Å². The summed E-state index contributed by atoms with van der Waals surface area (Å²) in [7, 11) is 0. The number of pyridine rings is 1. The molecular formula is C10H16N2O2. The first-order valence-electron chi connectivity index (χ1n) is 4.64. The molecule has 0 saturated carbocycles. The molecule has 2 atom stereocenters. The smallest absolute Gasteiger partial charge is 0.105 e. The van der Waals surface area contributed by atoms with Gasteiger partial charge in [0.05, 0.1) is 6.10 Å². The predicted octanol–water partition coefficient (Wildman–Crippen LogP) is 0.133. The van der Waals surface area contributed by atoms with Gasteiger partial charge in [0.2, 0.25) is 0 Å². The first-order valence-corrected chi connectivity index (χ1v) is 4.64. The number of aliphatic hydroxyl groups is 2. The summed E-state index contributed by atoms with van der Waals surface area (Å²) >= 11 is 0. The molecule has 14 heavy (non-hydrogen) atoms. The average molecular weight is 196 g/mol. The zero-order chi connectivity index (χ0) is 10.6. The maximum Gasteiger partial charge on any atom is 0.105 e. The summed E-state index contributed by atoms with van der Waals surface area (Å²) in [6.45, 7) is 2.20. The Kier molecular flexibility index (Phi) is 4.00. The number of hydrogen-bond acceptors (Lipinski definition) is 4. The third kappa shape index (κ3) is 2.77. The van der Waals surface area contributed by atoms with E-state index in [0.29, 0.717) is 18.5 Å². The van der Waals surface area contributed by atoms with Crippen LogP contribution in [0.1, 0.15) is 23.8 Å². The van der Waals surface area contributed by atoms with Crippen LogP contribution in [0.4, 0.5) is 0 Å². The van der Waals surface area contributed by atoms with Gasteiger partial charge in [-0.1, -0.05) is 0 Å². The number of aliphatic hydroxyl groups excluding tert-OH is 2. The molecular weight excluding hydrogens is 180 g/mol. The maximum atomic E-state index is 9.71. The quantitative estimate of drug-likeness (QED) is 0.639. The van der Waals surface area contributed by atoms with Gasteiger partial charge < -0.3 is 15.9 Å². The molecule has 0 radical (unpaired) electrons. The van der Waals surface area contributed by atoms with Crippen molar-refractivity contribution in [3.63, 3.8) is 0 Å². The summed E-state index contributed by atoms with van der Waals surface area (Å²) in [6, 6.07) is 3.45. The van der Waals surface area contributed by atoms with Gasteiger partial charge in [-0.15, -0.1) is 0 Å². The fourth-order valence-corrected chi connectivity index (χ4v) is 1.30. The highest BCUT2D eigenvalue weighted by Gasteiger charge is 2.17. The first-order chi connectivity index (χ1) is 6.65. The van der Waals surface area contributed by atoms with Crippen molar-refractivity contribution in [2.75, 3.05) is 6.54 Å². The maximum absolute atomic E-state index is 9.71. The van der Waals surface area contributed by atoms with Gasteiger partial charge in [0.1, 0.15) is 6.10 Å². The van der Waals surface area contributed by atoms with Crippen LogP contribution in [-0.2, 0) is 0 Å². The lowest BCUT2D eigenvalue weighted by Crippen LogP contribution is -2.21. The molecule has 4 N–H and O–H groups in total. The molecule has 0 fully saturated rings. The second-order valence-electron chi connectivity index (χ2n) is 3.32. The van der Waals surface area contributed by atoms with Crippen molar-refractivity contribution in [2.45, 2.75) is 25.6 Å². The lowest BCUT2D eigenvalue weighted by Gasteiger charge is -2.17. The van der Waals surface area contributed by atoms with Crippen LogP contribution in [0.5, 0.6) is 0 Å². The summed E-state index contributed by atoms with van der Waals surface area (Å²) in [4.78, 5) is 4.01. The number of rotatable bonds is 4. The number of hydrogen-bond donors (Lipinski definition) is 3. The Hall–Kier alpha value is -0.970. The van der Waals surface area contributed by atoms with Crippen LogP contribution in [0.3, 0.4) is 0 Å². The number of aromatic nitrogens is 1. The highest BCUT2D eigenvalue weighted by molar-refractivity contribution is 5.18. The summed E-state index contributed by atoms with van der Waals surface area (Å²) in [5, 5.41) is 19.2. The van der Waals surface area contributed by atoms with E-state index in [1.165, 1.54) is 0 Å². The first kappa shape index (κ1) is 11.1. The molecule has 0 aromatic carbocycles. The Morgan fingerprint density at radius 2 is 2.21 bits per heavy atom. The van der Waals surface area contributed by atoms with Crippen LogP contribution in [0.25, 0.3) is 0 Å². The Bertz CT molecular complexity index is 291. The molecule has 4 nitrogen and oxygen atoms in total. The normalized spacial score (nSPS) is 15.1. The number of nitrogens with two attached hydrogens (primary N) is 1. The van der Waals surface area contributed by atoms with Crippen molar-refractivity contribution in [2.24, 2.45) is 5.73 Å². The van der Waals surface area contributed by atoms with Crippen molar-refractivity contribution in [3.05, 3.63) is 29.6 Å². The zero-order valence-electron chi connectivity index (χ0n) is 8.22. The topological polar surface area (TPSA) is 79.4 Å². The van der Waals surface area contributed by atoms with Gasteiger partial charge in [0.15, 0.2) is 0 Å². The van der Waals surface area contributed by atoms with Crippen LogP contribution >= 0.6 is 0 Å². The van der Waals surface area contributed by atoms with Crippen LogP contribution in [0.2, 0.25) is 0 Å². The van der Waals surface area contributed by atoms with E-state index in [1.54, 1.807) is 18.3 Å². The van der Waals surface area contributed by atoms with Gasteiger partial charge in [-0.2, -0.15) is 0 Å². The number of nitrogens with zero attached hydrogens (tertiary/aromatic N) is 1. The molecule has 0 spiro atoms. The van der Waals surface area contributed by atoms with Gasteiger partial charge >= 0.3 is 0 Å². The van der Waals surface area contributed by atoms with E-state index in [9.17, 15) is 10.2 Å². The van der Waals surface area contributed by atoms with Gasteiger partial charge in [-0.05, 0) is 37.6 Å². The minimum Gasteiger partial charge on any atom is -0.390 e. The Labute approximate surface area is 83.4 Å². The van der Waals surface area contributed by atoms with Crippen molar-refractivity contribution in [1.29, 1.82) is 0 Å². The largest absolute Gasteiger partial charge is 0.390 e. The Morgan fingerprint density at radius 1 is 1.50 bits per heavy atom. The molecule has 1 aromatic rings. The monoisotopic (exact) mass is 196 g/mol. The summed E-state index contributed by atoms with van der Waals surface area (Å²) in [5.41, 5.74) is 6.79. The van der Waals surface area contributed by atoms with Crippen LogP contribution in [-0.4, -0.2) is 27.8 Å². The molecule has 1 aromatic heterocycles. The van der Waals surface area contributed by atoms with Gasteiger partial charge in [-0.25, -0.2) is 0 Å². The molecule has 4 heteroatoms. The molecule has 1 rings (SSSR count). The molecule has 1 heterocycles. The fourth-order valence-electron chi connectivity index (χ4n) is 1.30. The average Bonchev–Trinajstić information content (AvgIpc) is 2.17. The van der Waals surface area contributed by atoms with Crippen LogP contribution in [0.15, 0.2) is 18.3 Å². The standard InChI is InChI=1S/C10H16N2O2/c1-7-6-8(3-5-12-7)10(14)9(13)2-4-11/h3,5-6,9-10,13-14H,2,4,11H2,1H3. The molecule has 2 unspecified atom stereocenters. The minimum absolute atomic E-state index is 0.363. The third-order valence-corrected chi connectivity index (χ3v) is 2.09. The van der Waals surface area contributed by atoms with E-state index in [-0.39, 0.29) is 0 Å². The van der Waals surface area contributed by atoms with Crippen molar-refractivity contribution in [1.82, 2.24) is 4.98 Å². The van der Waals surface area contributed by atoms with E-state index < -0.39 is 12.2 Å². The Morgan fingerprint density at radius 3 is 2.79 bits per heavy atom. The molecule has 0 amide bonds. The van der Waals surface area contributed by atoms with Crippen molar-refractivity contribution in [3.8, 4) is 0 Å². The second-order valence-corrected chi connectivity index (χ2v) is 3.32. The van der Waals surface area contributed by atoms with Gasteiger partial charge in [-0.3, -0.25) is 4.98 Å². The van der Waals surface area contributed by atoms with Gasteiger partial charge in [0, 0.05) is 11.9 Å². The summed E-state index contributed by atoms with van der Waals surface area (Å²) in [5.74, 6) is 0. The molecule has 0 aliphatic rings. The molecule has 0 saturated heterocycles. The van der Waals surface area contributed by atoms with Crippen molar-refractivity contribution < 1.29 is 10.2 Å². The van der Waals surface area contributed by atoms with E-state index in [2.05, 4.69) is 4.98 Å². The van der Waals surface area contributed by atoms with Crippen molar-refractivity contribution >= 4 is 0 Å². The number of aryl methyl sites for hydroxylation is 1. The zero-order valence-corrected chi connectivity index (χ0v) is 8.22. The lowest BCUT2D eigenvalue weighted by molar-refractivity contribution is 0.0149. The highest BCUT2D eigenvalue weighted by atomic mass is 16.3. The highest BCUT2D eigenvalue weighted by Crippen LogP contribution is 2.18. The predicted molar refractivity (Wildman–Crippen MR) is 53.6 cm³/mol. The van der Waals surface area contributed by atoms with Gasteiger partial charge in [0.25, 0.3) is 0 Å². The molecule has 0 bridgehead atoms. The summed E-state index contributed by atoms with van der Waals surface area (Å²) < 4.78 is 0. The Balaban J connectivity index is 2.73. The lowest BCUT2D eigenvalue weighted by atomic mass is 10.0. The van der Waals surface area contributed by atoms with E-state index >= 15 is 0 Å². The summed E-state index contributed by atoms with van der Waals surface area (Å²) in [6.07, 6.45) is 0.327. The molecule has 78 valence electrons. The van der Waals surface area contributed by atoms with Crippen LogP contribution < -0.4 is 5.73 Å². The molecule has 0 aliphatic carbocycles. The van der Waals surface area contributed by atoms with E-state index in [4.69, 9.17) is 5.73 Å². The minimum atomic E-state index is -0.875.